The van der Waals surface area contributed by atoms with Crippen LogP contribution in [-0.4, -0.2) is 12.1 Å². The molecule has 0 amide bonds. The van der Waals surface area contributed by atoms with Crippen molar-refractivity contribution in [3.05, 3.63) is 0 Å². The minimum Gasteiger partial charge on any atom is -0.463 e. The minimum absolute atomic E-state index is 0.0139. The van der Waals surface area contributed by atoms with Crippen LogP contribution < -0.4 is 0 Å². The molecule has 0 aliphatic heterocycles. The lowest BCUT2D eigenvalue weighted by Gasteiger charge is -2.13. The predicted molar refractivity (Wildman–Crippen MR) is 142 cm³/mol. The van der Waals surface area contributed by atoms with E-state index in [1.54, 1.807) is 0 Å². The van der Waals surface area contributed by atoms with E-state index in [1.807, 2.05) is 6.92 Å². The van der Waals surface area contributed by atoms with Gasteiger partial charge in [0.1, 0.15) is 0 Å². The van der Waals surface area contributed by atoms with Crippen molar-refractivity contribution in [1.82, 2.24) is 0 Å². The Kier molecular flexibility index (Phi) is 26.3. The molecule has 0 unspecified atom stereocenters. The van der Waals surface area contributed by atoms with Crippen LogP contribution in [0, 0.1) is 0 Å². The largest absolute Gasteiger partial charge is 0.463 e. The van der Waals surface area contributed by atoms with E-state index in [-0.39, 0.29) is 12.1 Å². The molecule has 0 saturated carbocycles. The van der Waals surface area contributed by atoms with E-state index in [1.165, 1.54) is 141 Å². The molecule has 0 radical (unpaired) electrons. The molecule has 32 heavy (non-hydrogen) atoms. The Morgan fingerprint density at radius 3 is 1.19 bits per heavy atom. The monoisotopic (exact) mass is 452 g/mol. The van der Waals surface area contributed by atoms with Crippen molar-refractivity contribution in [3.63, 3.8) is 0 Å². The van der Waals surface area contributed by atoms with Gasteiger partial charge < -0.3 is 4.74 Å². The third-order valence-corrected chi connectivity index (χ3v) is 6.78. The van der Waals surface area contributed by atoms with Gasteiger partial charge in [-0.2, -0.15) is 0 Å². The van der Waals surface area contributed by atoms with Crippen molar-refractivity contribution in [1.29, 1.82) is 0 Å². The predicted octanol–water partition coefficient (Wildman–Crippen LogP) is 10.7. The average molecular weight is 453 g/mol. The summed E-state index contributed by atoms with van der Waals surface area (Å²) in [6.45, 7) is 6.56. The highest BCUT2D eigenvalue weighted by molar-refractivity contribution is 5.69. The molecule has 0 saturated heterocycles. The number of hydrogen-bond donors (Lipinski definition) is 0. The van der Waals surface area contributed by atoms with Gasteiger partial charge >= 0.3 is 5.97 Å². The van der Waals surface area contributed by atoms with Crippen LogP contribution in [0.2, 0.25) is 0 Å². The molecule has 0 aromatic heterocycles. The molecule has 0 aliphatic carbocycles. The van der Waals surface area contributed by atoms with E-state index in [4.69, 9.17) is 4.74 Å². The van der Waals surface area contributed by atoms with Crippen molar-refractivity contribution < 1.29 is 9.53 Å². The number of unbranched alkanes of at least 4 members (excludes halogenated alkanes) is 21. The molecule has 0 aromatic rings. The molecule has 0 rings (SSSR count). The maximum atomic E-state index is 11.9. The molecule has 0 aliphatic rings. The topological polar surface area (TPSA) is 26.3 Å². The molecule has 2 heteroatoms. The van der Waals surface area contributed by atoms with Gasteiger partial charge in [-0.25, -0.2) is 0 Å². The Morgan fingerprint density at radius 1 is 0.500 bits per heavy atom. The van der Waals surface area contributed by atoms with E-state index in [2.05, 4.69) is 13.8 Å². The molecule has 0 heterocycles. The Bertz CT molecular complexity index is 366. The number of carbonyl (C=O) groups excluding carboxylic acids is 1. The summed E-state index contributed by atoms with van der Waals surface area (Å²) in [5.74, 6) is 0.0139. The summed E-state index contributed by atoms with van der Waals surface area (Å²) in [5.41, 5.74) is 0. The van der Waals surface area contributed by atoms with Crippen molar-refractivity contribution in [2.45, 2.75) is 187 Å². The van der Waals surface area contributed by atoms with Crippen molar-refractivity contribution >= 4 is 5.97 Å². The number of hydrogen-bond acceptors (Lipinski definition) is 2. The molecular weight excluding hydrogens is 392 g/mol. The number of ether oxygens (including phenoxy) is 1. The SMILES string of the molecule is CCCCCCCCCCCCCCCCCCCCCC(=O)O[C@H](C)CCCCCC. The van der Waals surface area contributed by atoms with Gasteiger partial charge in [0.2, 0.25) is 0 Å². The molecule has 0 bridgehead atoms. The molecule has 0 aromatic carbocycles. The zero-order valence-electron chi connectivity index (χ0n) is 22.6. The number of rotatable bonds is 26. The summed E-state index contributed by atoms with van der Waals surface area (Å²) in [6.07, 6.45) is 33.0. The third kappa shape index (κ3) is 25.7. The van der Waals surface area contributed by atoms with Gasteiger partial charge in [0.15, 0.2) is 0 Å². The fraction of sp³-hybridized carbons (Fsp3) is 0.967. The standard InChI is InChI=1S/C30H60O2/c1-4-6-8-10-11-12-13-14-15-16-17-18-19-20-21-22-23-24-26-28-30(31)32-29(3)27-25-9-7-5-2/h29H,4-28H2,1-3H3/t29-/m1/s1. The smallest absolute Gasteiger partial charge is 0.306 e. The highest BCUT2D eigenvalue weighted by Crippen LogP contribution is 2.15. The first-order chi connectivity index (χ1) is 15.7. The van der Waals surface area contributed by atoms with Crippen LogP contribution in [0.25, 0.3) is 0 Å². The Hall–Kier alpha value is -0.530. The Labute approximate surface area is 203 Å². The van der Waals surface area contributed by atoms with Gasteiger partial charge in [0.05, 0.1) is 6.10 Å². The second-order valence-corrected chi connectivity index (χ2v) is 10.3. The van der Waals surface area contributed by atoms with Crippen molar-refractivity contribution in [2.24, 2.45) is 0 Å². The lowest BCUT2D eigenvalue weighted by atomic mass is 10.0. The molecule has 1 atom stereocenters. The second-order valence-electron chi connectivity index (χ2n) is 10.3. The fourth-order valence-electron chi connectivity index (χ4n) is 4.55. The second kappa shape index (κ2) is 26.7. The van der Waals surface area contributed by atoms with Gasteiger partial charge in [0.25, 0.3) is 0 Å². The van der Waals surface area contributed by atoms with E-state index in [9.17, 15) is 4.79 Å². The number of esters is 1. The van der Waals surface area contributed by atoms with Crippen molar-refractivity contribution in [2.75, 3.05) is 0 Å². The maximum Gasteiger partial charge on any atom is 0.306 e. The van der Waals surface area contributed by atoms with E-state index >= 15 is 0 Å². The van der Waals surface area contributed by atoms with Gasteiger partial charge in [-0.3, -0.25) is 4.79 Å². The first-order valence-electron chi connectivity index (χ1n) is 14.9. The van der Waals surface area contributed by atoms with E-state index < -0.39 is 0 Å². The summed E-state index contributed by atoms with van der Waals surface area (Å²) < 4.78 is 5.53. The van der Waals surface area contributed by atoms with Crippen LogP contribution in [0.3, 0.4) is 0 Å². The lowest BCUT2D eigenvalue weighted by Crippen LogP contribution is -2.14. The highest BCUT2D eigenvalue weighted by atomic mass is 16.5. The quantitative estimate of drug-likeness (QED) is 0.0963. The highest BCUT2D eigenvalue weighted by Gasteiger charge is 2.08. The summed E-state index contributed by atoms with van der Waals surface area (Å²) in [5, 5.41) is 0. The molecule has 2 nitrogen and oxygen atoms in total. The zero-order valence-corrected chi connectivity index (χ0v) is 22.6. The molecule has 0 N–H and O–H groups in total. The Balaban J connectivity index is 3.19. The normalized spacial score (nSPS) is 12.2. The Morgan fingerprint density at radius 2 is 0.812 bits per heavy atom. The molecule has 192 valence electrons. The van der Waals surface area contributed by atoms with Crippen LogP contribution in [0.4, 0.5) is 0 Å². The van der Waals surface area contributed by atoms with Gasteiger partial charge in [-0.1, -0.05) is 149 Å². The molecule has 0 spiro atoms. The van der Waals surface area contributed by atoms with E-state index in [0.717, 1.165) is 12.8 Å². The zero-order chi connectivity index (χ0) is 23.5. The van der Waals surface area contributed by atoms with Gasteiger partial charge in [0, 0.05) is 6.42 Å². The molecule has 0 fully saturated rings. The van der Waals surface area contributed by atoms with Gasteiger partial charge in [-0.15, -0.1) is 0 Å². The van der Waals surface area contributed by atoms with E-state index in [0.29, 0.717) is 6.42 Å². The lowest BCUT2D eigenvalue weighted by molar-refractivity contribution is -0.148. The van der Waals surface area contributed by atoms with Crippen LogP contribution in [-0.2, 0) is 9.53 Å². The molecular formula is C30H60O2. The van der Waals surface area contributed by atoms with Crippen molar-refractivity contribution in [3.8, 4) is 0 Å². The first kappa shape index (κ1) is 31.5. The van der Waals surface area contributed by atoms with Crippen LogP contribution in [0.1, 0.15) is 181 Å². The average Bonchev–Trinajstić information content (AvgIpc) is 2.78. The first-order valence-corrected chi connectivity index (χ1v) is 14.9. The van der Waals surface area contributed by atoms with Crippen LogP contribution >= 0.6 is 0 Å². The summed E-state index contributed by atoms with van der Waals surface area (Å²) in [6, 6.07) is 0. The van der Waals surface area contributed by atoms with Crippen LogP contribution in [0.15, 0.2) is 0 Å². The number of carbonyl (C=O) groups is 1. The minimum atomic E-state index is 0.0139. The summed E-state index contributed by atoms with van der Waals surface area (Å²) >= 11 is 0. The summed E-state index contributed by atoms with van der Waals surface area (Å²) in [7, 11) is 0. The van der Waals surface area contributed by atoms with Gasteiger partial charge in [-0.05, 0) is 26.2 Å². The maximum absolute atomic E-state index is 11.9. The fourth-order valence-corrected chi connectivity index (χ4v) is 4.55. The third-order valence-electron chi connectivity index (χ3n) is 6.78. The summed E-state index contributed by atoms with van der Waals surface area (Å²) in [4.78, 5) is 11.9. The van der Waals surface area contributed by atoms with Crippen LogP contribution in [0.5, 0.6) is 0 Å².